The zero-order valence-corrected chi connectivity index (χ0v) is 11.1. The predicted molar refractivity (Wildman–Crippen MR) is 71.1 cm³/mol. The molecule has 0 bridgehead atoms. The molecule has 0 saturated carbocycles. The van der Waals surface area contributed by atoms with Gasteiger partial charge in [-0.1, -0.05) is 6.92 Å². The summed E-state index contributed by atoms with van der Waals surface area (Å²) < 4.78 is 13.7. The van der Waals surface area contributed by atoms with E-state index in [1.807, 2.05) is 6.92 Å². The van der Waals surface area contributed by atoms with Crippen LogP contribution in [-0.2, 0) is 4.79 Å². The summed E-state index contributed by atoms with van der Waals surface area (Å²) >= 11 is 0. The highest BCUT2D eigenvalue weighted by atomic mass is 19.1. The first-order valence-corrected chi connectivity index (χ1v) is 6.04. The summed E-state index contributed by atoms with van der Waals surface area (Å²) in [4.78, 5) is 24.8. The molecule has 2 amide bonds. The number of rotatable bonds is 5. The molecule has 19 heavy (non-hydrogen) atoms. The number of hydrogen-bond acceptors (Lipinski definition) is 3. The van der Waals surface area contributed by atoms with Crippen molar-refractivity contribution in [1.29, 1.82) is 0 Å². The average Bonchev–Trinajstić information content (AvgIpc) is 2.37. The van der Waals surface area contributed by atoms with Crippen molar-refractivity contribution in [2.45, 2.75) is 13.3 Å². The quantitative estimate of drug-likeness (QED) is 0.782. The molecule has 0 spiro atoms. The molecule has 0 radical (unpaired) electrons. The van der Waals surface area contributed by atoms with Crippen LogP contribution in [0.2, 0.25) is 0 Å². The predicted octanol–water partition coefficient (Wildman–Crippen LogP) is 1.01. The van der Waals surface area contributed by atoms with Gasteiger partial charge < -0.3 is 16.0 Å². The number of hydrogen-bond donors (Lipinski definition) is 2. The Balaban J connectivity index is 2.95. The number of amides is 2. The lowest BCUT2D eigenvalue weighted by Crippen LogP contribution is -2.40. The summed E-state index contributed by atoms with van der Waals surface area (Å²) in [5, 5.41) is 2.44. The lowest BCUT2D eigenvalue weighted by molar-refractivity contribution is -0.121. The number of carbonyl (C=O) groups is 2. The van der Waals surface area contributed by atoms with Crippen molar-refractivity contribution >= 4 is 17.5 Å². The Morgan fingerprint density at radius 1 is 1.42 bits per heavy atom. The van der Waals surface area contributed by atoms with E-state index in [4.69, 9.17) is 5.73 Å². The van der Waals surface area contributed by atoms with Crippen LogP contribution in [0.4, 0.5) is 10.1 Å². The van der Waals surface area contributed by atoms with Crippen molar-refractivity contribution in [2.24, 2.45) is 0 Å². The minimum atomic E-state index is -0.678. The van der Waals surface area contributed by atoms with Crippen LogP contribution < -0.4 is 11.1 Å². The highest BCUT2D eigenvalue weighted by molar-refractivity contribution is 5.97. The number of benzene rings is 1. The van der Waals surface area contributed by atoms with Crippen molar-refractivity contribution in [3.63, 3.8) is 0 Å². The van der Waals surface area contributed by atoms with E-state index in [2.05, 4.69) is 5.32 Å². The third-order valence-corrected chi connectivity index (χ3v) is 2.62. The summed E-state index contributed by atoms with van der Waals surface area (Å²) in [6.07, 6.45) is 0.680. The van der Waals surface area contributed by atoms with Crippen LogP contribution in [0.15, 0.2) is 18.2 Å². The van der Waals surface area contributed by atoms with E-state index in [0.717, 1.165) is 6.07 Å². The van der Waals surface area contributed by atoms with Gasteiger partial charge in [0.05, 0.1) is 12.1 Å². The zero-order valence-electron chi connectivity index (χ0n) is 11.1. The summed E-state index contributed by atoms with van der Waals surface area (Å²) in [6, 6.07) is 3.89. The fourth-order valence-electron chi connectivity index (χ4n) is 1.65. The summed E-state index contributed by atoms with van der Waals surface area (Å²) in [7, 11) is 1.49. The van der Waals surface area contributed by atoms with Crippen LogP contribution in [0, 0.1) is 5.82 Å². The molecule has 0 fully saturated rings. The first kappa shape index (κ1) is 14.9. The average molecular weight is 267 g/mol. The van der Waals surface area contributed by atoms with Crippen molar-refractivity contribution < 1.29 is 14.0 Å². The molecule has 0 aliphatic heterocycles. The number of halogens is 1. The molecular weight excluding hydrogens is 249 g/mol. The molecule has 0 aromatic heterocycles. The van der Waals surface area contributed by atoms with E-state index in [1.54, 1.807) is 0 Å². The van der Waals surface area contributed by atoms with Gasteiger partial charge in [-0.3, -0.25) is 9.59 Å². The molecule has 0 aliphatic rings. The monoisotopic (exact) mass is 267 g/mol. The Kier molecular flexibility index (Phi) is 5.29. The molecule has 104 valence electrons. The maximum absolute atomic E-state index is 13.7. The molecule has 3 N–H and O–H groups in total. The van der Waals surface area contributed by atoms with Crippen molar-refractivity contribution in [1.82, 2.24) is 10.2 Å². The molecule has 1 rings (SSSR count). The standard InChI is InChI=1S/C13H18FN3O2/c1-3-6-17(8-12(18)16-2)13(19)10-5-4-9(15)7-11(10)14/h4-5,7H,3,6,8,15H2,1-2H3,(H,16,18). The van der Waals surface area contributed by atoms with Gasteiger partial charge in [-0.2, -0.15) is 0 Å². The first-order valence-electron chi connectivity index (χ1n) is 6.04. The second-order valence-electron chi connectivity index (χ2n) is 4.14. The Labute approximate surface area is 111 Å². The number of carbonyl (C=O) groups excluding carboxylic acids is 2. The van der Waals surface area contributed by atoms with E-state index in [0.29, 0.717) is 13.0 Å². The van der Waals surface area contributed by atoms with Crippen LogP contribution in [0.25, 0.3) is 0 Å². The highest BCUT2D eigenvalue weighted by Gasteiger charge is 2.20. The summed E-state index contributed by atoms with van der Waals surface area (Å²) in [5.74, 6) is -1.48. The molecule has 0 aliphatic carbocycles. The molecule has 0 saturated heterocycles. The van der Waals surface area contributed by atoms with Gasteiger partial charge in [0.2, 0.25) is 5.91 Å². The molecule has 1 aromatic rings. The maximum atomic E-state index is 13.7. The second kappa shape index (κ2) is 6.72. The third-order valence-electron chi connectivity index (χ3n) is 2.62. The topological polar surface area (TPSA) is 75.4 Å². The lowest BCUT2D eigenvalue weighted by atomic mass is 10.1. The highest BCUT2D eigenvalue weighted by Crippen LogP contribution is 2.14. The van der Waals surface area contributed by atoms with Gasteiger partial charge in [-0.15, -0.1) is 0 Å². The van der Waals surface area contributed by atoms with Gasteiger partial charge in [-0.25, -0.2) is 4.39 Å². The molecular formula is C13H18FN3O2. The Hall–Kier alpha value is -2.11. The fraction of sp³-hybridized carbons (Fsp3) is 0.385. The Morgan fingerprint density at radius 3 is 2.63 bits per heavy atom. The third kappa shape index (κ3) is 3.94. The van der Waals surface area contributed by atoms with E-state index in [1.165, 1.54) is 24.1 Å². The molecule has 0 atom stereocenters. The molecule has 5 nitrogen and oxygen atoms in total. The van der Waals surface area contributed by atoms with E-state index in [9.17, 15) is 14.0 Å². The van der Waals surface area contributed by atoms with E-state index >= 15 is 0 Å². The van der Waals surface area contributed by atoms with Crippen LogP contribution in [0.5, 0.6) is 0 Å². The van der Waals surface area contributed by atoms with Crippen LogP contribution in [0.3, 0.4) is 0 Å². The lowest BCUT2D eigenvalue weighted by Gasteiger charge is -2.21. The van der Waals surface area contributed by atoms with Crippen LogP contribution in [0.1, 0.15) is 23.7 Å². The Morgan fingerprint density at radius 2 is 2.11 bits per heavy atom. The van der Waals surface area contributed by atoms with E-state index < -0.39 is 11.7 Å². The second-order valence-corrected chi connectivity index (χ2v) is 4.14. The molecule has 0 unspecified atom stereocenters. The number of nitrogens with one attached hydrogen (secondary N) is 1. The molecule has 0 heterocycles. The minimum Gasteiger partial charge on any atom is -0.399 e. The SMILES string of the molecule is CCCN(CC(=O)NC)C(=O)c1ccc(N)cc1F. The van der Waals surface area contributed by atoms with Crippen molar-refractivity contribution in [3.8, 4) is 0 Å². The normalized spacial score (nSPS) is 10.1. The first-order chi connectivity index (χ1) is 8.99. The number of nitrogens with two attached hydrogens (primary N) is 1. The number of nitrogens with zero attached hydrogens (tertiary/aromatic N) is 1. The smallest absolute Gasteiger partial charge is 0.257 e. The fourth-order valence-corrected chi connectivity index (χ4v) is 1.65. The van der Waals surface area contributed by atoms with Gasteiger partial charge in [-0.05, 0) is 24.6 Å². The van der Waals surface area contributed by atoms with E-state index in [-0.39, 0.29) is 23.7 Å². The molecule has 6 heteroatoms. The van der Waals surface area contributed by atoms with Gasteiger partial charge in [0.1, 0.15) is 5.82 Å². The van der Waals surface area contributed by atoms with Crippen LogP contribution in [-0.4, -0.2) is 36.9 Å². The van der Waals surface area contributed by atoms with Crippen LogP contribution >= 0.6 is 0 Å². The molecule has 1 aromatic carbocycles. The van der Waals surface area contributed by atoms with Gasteiger partial charge in [0, 0.05) is 19.3 Å². The zero-order chi connectivity index (χ0) is 14.4. The van der Waals surface area contributed by atoms with Crippen molar-refractivity contribution in [2.75, 3.05) is 25.9 Å². The van der Waals surface area contributed by atoms with Gasteiger partial charge in [0.15, 0.2) is 0 Å². The summed E-state index contributed by atoms with van der Waals surface area (Å²) in [6.45, 7) is 2.17. The summed E-state index contributed by atoms with van der Waals surface area (Å²) in [5.41, 5.74) is 5.61. The maximum Gasteiger partial charge on any atom is 0.257 e. The number of nitrogen functional groups attached to an aromatic ring is 1. The Bertz CT molecular complexity index is 477. The number of anilines is 1. The van der Waals surface area contributed by atoms with Gasteiger partial charge in [0.25, 0.3) is 5.91 Å². The number of likely N-dealkylation sites (N-methyl/N-ethyl adjacent to an activating group) is 1. The minimum absolute atomic E-state index is 0.0773. The van der Waals surface area contributed by atoms with Gasteiger partial charge >= 0.3 is 0 Å². The largest absolute Gasteiger partial charge is 0.399 e. The van der Waals surface area contributed by atoms with Crippen molar-refractivity contribution in [3.05, 3.63) is 29.6 Å².